The van der Waals surface area contributed by atoms with Crippen molar-refractivity contribution in [3.05, 3.63) is 78.3 Å². The molecule has 2 aliphatic heterocycles. The molecule has 2 atom stereocenters. The lowest BCUT2D eigenvalue weighted by Gasteiger charge is -2.31. The molecule has 0 spiro atoms. The van der Waals surface area contributed by atoms with Crippen LogP contribution in [0.4, 0.5) is 23.2 Å². The number of halogens is 5. The van der Waals surface area contributed by atoms with Crippen molar-refractivity contribution in [2.45, 2.75) is 57.6 Å². The highest BCUT2D eigenvalue weighted by molar-refractivity contribution is 6.33. The van der Waals surface area contributed by atoms with E-state index in [1.807, 2.05) is 0 Å². The molecule has 1 saturated heterocycles. The number of H-pyrrole nitrogens is 1. The Balaban J connectivity index is 1.45. The molecule has 0 radical (unpaired) electrons. The highest BCUT2D eigenvalue weighted by Crippen LogP contribution is 2.37. The molecule has 8 nitrogen and oxygen atoms in total. The van der Waals surface area contributed by atoms with Crippen LogP contribution in [-0.4, -0.2) is 32.7 Å². The summed E-state index contributed by atoms with van der Waals surface area (Å²) in [6.45, 7) is 2.48. The Hall–Kier alpha value is -3.12. The van der Waals surface area contributed by atoms with E-state index in [9.17, 15) is 27.2 Å². The Morgan fingerprint density at radius 3 is 2.73 bits per heavy atom. The monoisotopic (exact) mass is 541 g/mol. The number of hydrogen-bond donors (Lipinski definition) is 1. The third kappa shape index (κ3) is 4.68. The molecule has 5 rings (SSSR count). The number of fused-ring (bicyclic) bond motifs is 1. The van der Waals surface area contributed by atoms with Crippen molar-refractivity contribution in [1.82, 2.24) is 19.6 Å². The maximum atomic E-state index is 13.6. The molecule has 13 heteroatoms. The first kappa shape index (κ1) is 25.5. The van der Waals surface area contributed by atoms with Gasteiger partial charge in [-0.05, 0) is 43.9 Å². The summed E-state index contributed by atoms with van der Waals surface area (Å²) < 4.78 is 62.7. The van der Waals surface area contributed by atoms with Gasteiger partial charge in [0, 0.05) is 25.3 Å². The number of aromatic nitrogens is 4. The number of ether oxygens (including phenoxy) is 1. The number of alkyl halides is 3. The minimum Gasteiger partial charge on any atom is -0.364 e. The quantitative estimate of drug-likeness (QED) is 0.495. The van der Waals surface area contributed by atoms with E-state index in [1.165, 1.54) is 22.5 Å². The Morgan fingerprint density at radius 1 is 1.24 bits per heavy atom. The summed E-state index contributed by atoms with van der Waals surface area (Å²) in [5.74, 6) is -0.996. The number of hydrogen-bond acceptors (Lipinski definition) is 5. The second-order valence-corrected chi connectivity index (χ2v) is 9.61. The van der Waals surface area contributed by atoms with E-state index in [0.29, 0.717) is 49.0 Å². The summed E-state index contributed by atoms with van der Waals surface area (Å²) >= 11 is 6.43. The highest BCUT2D eigenvalue weighted by Gasteiger charge is 2.36. The number of rotatable bonds is 4. The predicted octanol–water partition coefficient (Wildman–Crippen LogP) is 4.42. The minimum atomic E-state index is -4.76. The third-order valence-electron chi connectivity index (χ3n) is 6.96. The molecule has 0 aliphatic carbocycles. The summed E-state index contributed by atoms with van der Waals surface area (Å²) in [7, 11) is 0. The third-order valence-corrected chi connectivity index (χ3v) is 7.31. The lowest BCUT2D eigenvalue weighted by atomic mass is 9.99. The van der Waals surface area contributed by atoms with Crippen LogP contribution in [0.15, 0.2) is 34.0 Å². The van der Waals surface area contributed by atoms with E-state index in [0.717, 1.165) is 25.0 Å². The van der Waals surface area contributed by atoms with Crippen molar-refractivity contribution in [1.29, 1.82) is 0 Å². The predicted molar refractivity (Wildman–Crippen MR) is 127 cm³/mol. The summed E-state index contributed by atoms with van der Waals surface area (Å²) in [5, 5.41) is 6.85. The molecule has 1 N–H and O–H groups in total. The van der Waals surface area contributed by atoms with Crippen LogP contribution in [0.2, 0.25) is 5.02 Å². The molecular formula is C24H24ClF4N5O3. The fourth-order valence-corrected chi connectivity index (χ4v) is 5.31. The van der Waals surface area contributed by atoms with E-state index in [4.69, 9.17) is 16.3 Å². The normalized spacial score (nSPS) is 19.1. The van der Waals surface area contributed by atoms with Crippen molar-refractivity contribution in [3.63, 3.8) is 0 Å². The lowest BCUT2D eigenvalue weighted by Crippen LogP contribution is -2.36. The van der Waals surface area contributed by atoms with Gasteiger partial charge in [-0.3, -0.25) is 19.4 Å². The zero-order chi connectivity index (χ0) is 26.5. The maximum Gasteiger partial charge on any atom is 0.416 e. The summed E-state index contributed by atoms with van der Waals surface area (Å²) in [5.41, 5.74) is -0.957. The fraction of sp³-hybridized carbons (Fsp3) is 0.458. The van der Waals surface area contributed by atoms with Gasteiger partial charge in [-0.25, -0.2) is 4.39 Å². The van der Waals surface area contributed by atoms with Crippen LogP contribution >= 0.6 is 11.6 Å². The molecule has 0 saturated carbocycles. The molecule has 2 unspecified atom stereocenters. The van der Waals surface area contributed by atoms with Crippen LogP contribution in [0.3, 0.4) is 0 Å². The van der Waals surface area contributed by atoms with Crippen LogP contribution in [0, 0.1) is 5.82 Å². The van der Waals surface area contributed by atoms with Crippen molar-refractivity contribution in [3.8, 4) is 0 Å². The van der Waals surface area contributed by atoms with Gasteiger partial charge in [0.25, 0.3) is 11.1 Å². The van der Waals surface area contributed by atoms with Gasteiger partial charge in [0.05, 0.1) is 35.6 Å². The molecule has 37 heavy (non-hydrogen) atoms. The summed E-state index contributed by atoms with van der Waals surface area (Å²) in [4.78, 5) is 27.5. The largest absolute Gasteiger partial charge is 0.416 e. The molecule has 2 aromatic heterocycles. The van der Waals surface area contributed by atoms with E-state index >= 15 is 0 Å². The SMILES string of the molecule is CC(c1ccc(F)cc1C(F)(F)F)n1[nH]c(=O)c2c1CCN(c1cnn(C3CCCCO3)c(=O)c1Cl)C2. The van der Waals surface area contributed by atoms with Gasteiger partial charge >= 0.3 is 6.18 Å². The van der Waals surface area contributed by atoms with Crippen LogP contribution in [0.1, 0.15) is 60.8 Å². The molecule has 4 heterocycles. The molecule has 0 amide bonds. The van der Waals surface area contributed by atoms with Gasteiger partial charge in [0.15, 0.2) is 6.23 Å². The number of nitrogens with zero attached hydrogens (tertiary/aromatic N) is 4. The van der Waals surface area contributed by atoms with Gasteiger partial charge < -0.3 is 9.64 Å². The molecule has 3 aromatic rings. The first-order chi connectivity index (χ1) is 17.6. The second kappa shape index (κ2) is 9.64. The molecule has 2 aliphatic rings. The van der Waals surface area contributed by atoms with Gasteiger partial charge in [-0.2, -0.15) is 23.0 Å². The Kier molecular flexibility index (Phi) is 6.65. The minimum absolute atomic E-state index is 0.0435. The molecule has 0 bridgehead atoms. The van der Waals surface area contributed by atoms with Crippen molar-refractivity contribution in [2.75, 3.05) is 18.1 Å². The topological polar surface area (TPSA) is 85.2 Å². The lowest BCUT2D eigenvalue weighted by molar-refractivity contribution is -0.138. The van der Waals surface area contributed by atoms with Crippen LogP contribution in [-0.2, 0) is 23.9 Å². The van der Waals surface area contributed by atoms with Crippen LogP contribution in [0.5, 0.6) is 0 Å². The van der Waals surface area contributed by atoms with Crippen LogP contribution in [0.25, 0.3) is 0 Å². The zero-order valence-corrected chi connectivity index (χ0v) is 20.6. The number of nitrogens with one attached hydrogen (secondary N) is 1. The molecule has 198 valence electrons. The molecule has 1 aromatic carbocycles. The maximum absolute atomic E-state index is 13.6. The smallest absolute Gasteiger partial charge is 0.364 e. The average Bonchev–Trinajstić information content (AvgIpc) is 3.21. The Morgan fingerprint density at radius 2 is 2.03 bits per heavy atom. The average molecular weight is 542 g/mol. The zero-order valence-electron chi connectivity index (χ0n) is 19.8. The van der Waals surface area contributed by atoms with Gasteiger partial charge in [-0.15, -0.1) is 0 Å². The Bertz CT molecular complexity index is 1440. The van der Waals surface area contributed by atoms with Gasteiger partial charge in [0.1, 0.15) is 10.8 Å². The Labute approximate surface area is 213 Å². The second-order valence-electron chi connectivity index (χ2n) is 9.23. The number of aromatic amines is 1. The standard InChI is InChI=1S/C24H24ClF4N5O3/c1-13(15-6-5-14(26)10-17(15)24(27,28)29)33-18-7-8-32(12-16(18)22(35)31-33)19-11-30-34(23(36)21(19)25)20-4-2-3-9-37-20/h5-6,10-11,13,20H,2-4,7-9,12H2,1H3,(H,31,35). The van der Waals surface area contributed by atoms with E-state index in [-0.39, 0.29) is 17.1 Å². The van der Waals surface area contributed by atoms with Crippen LogP contribution < -0.4 is 16.0 Å². The van der Waals surface area contributed by atoms with Crippen molar-refractivity contribution < 1.29 is 22.3 Å². The number of benzene rings is 1. The highest BCUT2D eigenvalue weighted by atomic mass is 35.5. The van der Waals surface area contributed by atoms with Gasteiger partial charge in [0.2, 0.25) is 0 Å². The first-order valence-corrected chi connectivity index (χ1v) is 12.3. The van der Waals surface area contributed by atoms with E-state index < -0.39 is 40.9 Å². The van der Waals surface area contributed by atoms with E-state index in [2.05, 4.69) is 10.2 Å². The van der Waals surface area contributed by atoms with Crippen molar-refractivity contribution >= 4 is 17.3 Å². The fourth-order valence-electron chi connectivity index (χ4n) is 5.06. The summed E-state index contributed by atoms with van der Waals surface area (Å²) in [6.07, 6.45) is -0.997. The van der Waals surface area contributed by atoms with Crippen molar-refractivity contribution in [2.24, 2.45) is 0 Å². The van der Waals surface area contributed by atoms with Gasteiger partial charge in [-0.1, -0.05) is 17.7 Å². The first-order valence-electron chi connectivity index (χ1n) is 11.9. The number of anilines is 1. The van der Waals surface area contributed by atoms with E-state index in [1.54, 1.807) is 4.90 Å². The summed E-state index contributed by atoms with van der Waals surface area (Å²) in [6, 6.07) is 1.59. The molecule has 1 fully saturated rings. The molecular weight excluding hydrogens is 518 g/mol.